The van der Waals surface area contributed by atoms with Crippen LogP contribution in [0.25, 0.3) is 17.2 Å². The van der Waals surface area contributed by atoms with Gasteiger partial charge in [0.15, 0.2) is 0 Å². The van der Waals surface area contributed by atoms with Crippen molar-refractivity contribution in [1.29, 1.82) is 0 Å². The minimum Gasteiger partial charge on any atom is -0.496 e. The van der Waals surface area contributed by atoms with E-state index in [-0.39, 0.29) is 11.9 Å². The molecule has 0 aliphatic heterocycles. The smallest absolute Gasteiger partial charge is 0.247 e. The molecule has 0 spiro atoms. The number of nitrogens with zero attached hydrogens (tertiary/aromatic N) is 1. The Hall–Kier alpha value is -3.80. The SMILES string of the molecule is COc1c(C)c(-c2ccc(Nc3cccnc3)cc2)c(OC)c(C)c1/C=C(\C)C(=O)NC(C)C. The second-order valence-corrected chi connectivity index (χ2v) is 8.50. The maximum absolute atomic E-state index is 12.5. The Labute approximate surface area is 202 Å². The standard InChI is InChI=1S/C28H33N3O3/c1-17(2)30-28(32)18(3)15-24-19(4)27(34-7)25(20(5)26(24)33-6)21-10-12-22(13-11-21)31-23-9-8-14-29-16-23/h8-17,31H,1-7H3,(H,30,32)/b18-15+. The second kappa shape index (κ2) is 10.9. The predicted octanol–water partition coefficient (Wildman–Crippen LogP) is 6.05. The van der Waals surface area contributed by atoms with E-state index >= 15 is 0 Å². The Kier molecular flexibility index (Phi) is 7.95. The number of carbonyl (C=O) groups excluding carboxylic acids is 1. The summed E-state index contributed by atoms with van der Waals surface area (Å²) in [7, 11) is 3.32. The molecular weight excluding hydrogens is 426 g/mol. The van der Waals surface area contributed by atoms with Gasteiger partial charge in [-0.1, -0.05) is 12.1 Å². The summed E-state index contributed by atoms with van der Waals surface area (Å²) < 4.78 is 11.7. The fourth-order valence-electron chi connectivity index (χ4n) is 3.99. The largest absolute Gasteiger partial charge is 0.496 e. The van der Waals surface area contributed by atoms with E-state index in [0.29, 0.717) is 5.57 Å². The lowest BCUT2D eigenvalue weighted by Gasteiger charge is -2.21. The highest BCUT2D eigenvalue weighted by Crippen LogP contribution is 2.44. The average Bonchev–Trinajstić information content (AvgIpc) is 2.82. The number of rotatable bonds is 8. The van der Waals surface area contributed by atoms with Crippen LogP contribution >= 0.6 is 0 Å². The van der Waals surface area contributed by atoms with Crippen molar-refractivity contribution in [2.24, 2.45) is 0 Å². The molecule has 0 unspecified atom stereocenters. The molecule has 3 aromatic rings. The first-order valence-corrected chi connectivity index (χ1v) is 11.3. The van der Waals surface area contributed by atoms with E-state index in [9.17, 15) is 4.79 Å². The summed E-state index contributed by atoms with van der Waals surface area (Å²) in [5.74, 6) is 1.38. The lowest BCUT2D eigenvalue weighted by Crippen LogP contribution is -2.30. The van der Waals surface area contributed by atoms with Crippen LogP contribution in [0.5, 0.6) is 11.5 Å². The van der Waals surface area contributed by atoms with Crippen molar-refractivity contribution in [3.05, 3.63) is 71.1 Å². The molecule has 0 saturated heterocycles. The monoisotopic (exact) mass is 459 g/mol. The normalized spacial score (nSPS) is 11.4. The number of hydrogen-bond donors (Lipinski definition) is 2. The summed E-state index contributed by atoms with van der Waals surface area (Å²) in [6.07, 6.45) is 5.40. The van der Waals surface area contributed by atoms with Gasteiger partial charge in [-0.05, 0) is 70.5 Å². The Bertz CT molecular complexity index is 1180. The van der Waals surface area contributed by atoms with Crippen LogP contribution in [0, 0.1) is 13.8 Å². The first-order chi connectivity index (χ1) is 16.3. The van der Waals surface area contributed by atoms with Crippen LogP contribution in [0.1, 0.15) is 37.5 Å². The van der Waals surface area contributed by atoms with Crippen LogP contribution in [0.15, 0.2) is 54.4 Å². The van der Waals surface area contributed by atoms with E-state index in [2.05, 4.69) is 27.8 Å². The van der Waals surface area contributed by atoms with Gasteiger partial charge in [0.05, 0.1) is 26.1 Å². The van der Waals surface area contributed by atoms with Gasteiger partial charge in [-0.25, -0.2) is 0 Å². The van der Waals surface area contributed by atoms with Crippen molar-refractivity contribution in [3.63, 3.8) is 0 Å². The zero-order valence-corrected chi connectivity index (χ0v) is 20.9. The number of carbonyl (C=O) groups is 1. The molecule has 0 fully saturated rings. The first-order valence-electron chi connectivity index (χ1n) is 11.3. The van der Waals surface area contributed by atoms with Crippen molar-refractivity contribution in [1.82, 2.24) is 10.3 Å². The van der Waals surface area contributed by atoms with Gasteiger partial charge in [-0.3, -0.25) is 9.78 Å². The molecule has 0 saturated carbocycles. The summed E-state index contributed by atoms with van der Waals surface area (Å²) in [5, 5.41) is 6.28. The average molecular weight is 460 g/mol. The summed E-state index contributed by atoms with van der Waals surface area (Å²) in [4.78, 5) is 16.6. The third-order valence-corrected chi connectivity index (χ3v) is 5.60. The van der Waals surface area contributed by atoms with Gasteiger partial charge in [-0.2, -0.15) is 0 Å². The zero-order valence-electron chi connectivity index (χ0n) is 20.9. The number of methoxy groups -OCH3 is 2. The second-order valence-electron chi connectivity index (χ2n) is 8.50. The maximum Gasteiger partial charge on any atom is 0.247 e. The minimum atomic E-state index is -0.103. The molecule has 0 aliphatic rings. The summed E-state index contributed by atoms with van der Waals surface area (Å²) >= 11 is 0. The van der Waals surface area contributed by atoms with Crippen LogP contribution in [-0.4, -0.2) is 31.2 Å². The van der Waals surface area contributed by atoms with E-state index in [1.54, 1.807) is 33.5 Å². The maximum atomic E-state index is 12.5. The number of anilines is 2. The molecule has 1 amide bonds. The highest BCUT2D eigenvalue weighted by atomic mass is 16.5. The lowest BCUT2D eigenvalue weighted by atomic mass is 9.91. The minimum absolute atomic E-state index is 0.0631. The van der Waals surface area contributed by atoms with Crippen molar-refractivity contribution < 1.29 is 14.3 Å². The van der Waals surface area contributed by atoms with E-state index in [0.717, 1.165) is 50.7 Å². The van der Waals surface area contributed by atoms with Crippen LogP contribution < -0.4 is 20.1 Å². The van der Waals surface area contributed by atoms with E-state index in [1.807, 2.05) is 58.0 Å². The van der Waals surface area contributed by atoms with Crippen molar-refractivity contribution in [2.75, 3.05) is 19.5 Å². The highest BCUT2D eigenvalue weighted by Gasteiger charge is 2.22. The van der Waals surface area contributed by atoms with Crippen molar-refractivity contribution >= 4 is 23.4 Å². The first kappa shape index (κ1) is 24.8. The molecule has 2 aromatic carbocycles. The zero-order chi connectivity index (χ0) is 24.8. The molecule has 2 N–H and O–H groups in total. The van der Waals surface area contributed by atoms with Gasteiger partial charge in [0.2, 0.25) is 5.91 Å². The Balaban J connectivity index is 2.05. The molecule has 3 rings (SSSR count). The molecule has 0 atom stereocenters. The van der Waals surface area contributed by atoms with Crippen LogP contribution in [0.4, 0.5) is 11.4 Å². The molecule has 178 valence electrons. The van der Waals surface area contributed by atoms with E-state index in [1.165, 1.54) is 0 Å². The Morgan fingerprint density at radius 1 is 0.971 bits per heavy atom. The molecule has 0 radical (unpaired) electrons. The summed E-state index contributed by atoms with van der Waals surface area (Å²) in [5.41, 5.74) is 7.17. The number of ether oxygens (including phenoxy) is 2. The predicted molar refractivity (Wildman–Crippen MR) is 139 cm³/mol. The molecule has 1 aromatic heterocycles. The van der Waals surface area contributed by atoms with Crippen molar-refractivity contribution in [3.8, 4) is 22.6 Å². The number of hydrogen-bond acceptors (Lipinski definition) is 5. The summed E-state index contributed by atoms with van der Waals surface area (Å²) in [6, 6.07) is 12.1. The summed E-state index contributed by atoms with van der Waals surface area (Å²) in [6.45, 7) is 9.69. The molecular formula is C28H33N3O3. The number of benzene rings is 2. The van der Waals surface area contributed by atoms with Gasteiger partial charge in [-0.15, -0.1) is 0 Å². The molecule has 0 bridgehead atoms. The molecule has 6 heteroatoms. The van der Waals surface area contributed by atoms with Crippen LogP contribution in [0.3, 0.4) is 0 Å². The Morgan fingerprint density at radius 3 is 2.21 bits per heavy atom. The number of aromatic nitrogens is 1. The van der Waals surface area contributed by atoms with Gasteiger partial charge < -0.3 is 20.1 Å². The Morgan fingerprint density at radius 2 is 1.65 bits per heavy atom. The van der Waals surface area contributed by atoms with Crippen LogP contribution in [0.2, 0.25) is 0 Å². The van der Waals surface area contributed by atoms with E-state index < -0.39 is 0 Å². The van der Waals surface area contributed by atoms with E-state index in [4.69, 9.17) is 9.47 Å². The molecule has 0 aliphatic carbocycles. The number of amides is 1. The third kappa shape index (κ3) is 5.39. The lowest BCUT2D eigenvalue weighted by molar-refractivity contribution is -0.117. The van der Waals surface area contributed by atoms with Gasteiger partial charge >= 0.3 is 0 Å². The topological polar surface area (TPSA) is 72.5 Å². The fourth-order valence-corrected chi connectivity index (χ4v) is 3.99. The van der Waals surface area contributed by atoms with Gasteiger partial charge in [0.25, 0.3) is 0 Å². The third-order valence-electron chi connectivity index (χ3n) is 5.60. The van der Waals surface area contributed by atoms with Crippen molar-refractivity contribution in [2.45, 2.75) is 40.7 Å². The molecule has 34 heavy (non-hydrogen) atoms. The number of pyridine rings is 1. The highest BCUT2D eigenvalue weighted by molar-refractivity contribution is 5.98. The quantitative estimate of drug-likeness (QED) is 0.401. The van der Waals surface area contributed by atoms with Gasteiger partial charge in [0, 0.05) is 45.8 Å². The van der Waals surface area contributed by atoms with Crippen LogP contribution in [-0.2, 0) is 4.79 Å². The number of nitrogens with one attached hydrogen (secondary N) is 2. The van der Waals surface area contributed by atoms with Gasteiger partial charge in [0.1, 0.15) is 11.5 Å². The fraction of sp³-hybridized carbons (Fsp3) is 0.286. The molecule has 1 heterocycles. The molecule has 6 nitrogen and oxygen atoms in total.